The molecule has 0 radical (unpaired) electrons. The summed E-state index contributed by atoms with van der Waals surface area (Å²) in [5, 5.41) is 3.48. The van der Waals surface area contributed by atoms with Crippen molar-refractivity contribution in [1.29, 1.82) is 0 Å². The van der Waals surface area contributed by atoms with Gasteiger partial charge in [-0.1, -0.05) is 6.07 Å². The molecule has 0 saturated carbocycles. The van der Waals surface area contributed by atoms with E-state index >= 15 is 0 Å². The molecule has 2 aromatic rings. The molecule has 4 heteroatoms. The van der Waals surface area contributed by atoms with Crippen molar-refractivity contribution < 1.29 is 9.13 Å². The zero-order valence-electron chi connectivity index (χ0n) is 12.3. The molecule has 0 bridgehead atoms. The van der Waals surface area contributed by atoms with Gasteiger partial charge in [0.15, 0.2) is 0 Å². The van der Waals surface area contributed by atoms with E-state index in [0.717, 1.165) is 29.7 Å². The Labute approximate surface area is 124 Å². The lowest BCUT2D eigenvalue weighted by atomic mass is 10.1. The van der Waals surface area contributed by atoms with Gasteiger partial charge in [0, 0.05) is 6.20 Å². The number of benzene rings is 1. The van der Waals surface area contributed by atoms with Crippen molar-refractivity contribution in [3.05, 3.63) is 53.5 Å². The van der Waals surface area contributed by atoms with E-state index < -0.39 is 0 Å². The summed E-state index contributed by atoms with van der Waals surface area (Å²) in [4.78, 5) is 4.29. The van der Waals surface area contributed by atoms with Crippen LogP contribution in [0, 0.1) is 5.82 Å². The minimum absolute atomic E-state index is 0.0745. The van der Waals surface area contributed by atoms with Crippen molar-refractivity contribution in [2.45, 2.75) is 38.8 Å². The average molecular weight is 286 g/mol. The summed E-state index contributed by atoms with van der Waals surface area (Å²) < 4.78 is 19.0. The van der Waals surface area contributed by atoms with Gasteiger partial charge in [-0.3, -0.25) is 0 Å². The van der Waals surface area contributed by atoms with E-state index in [2.05, 4.69) is 10.3 Å². The Morgan fingerprint density at radius 3 is 3.00 bits per heavy atom. The third kappa shape index (κ3) is 2.99. The van der Waals surface area contributed by atoms with Crippen molar-refractivity contribution in [1.82, 2.24) is 4.98 Å². The molecule has 1 heterocycles. The number of aromatic nitrogens is 1. The first-order chi connectivity index (χ1) is 10.1. The molecule has 0 amide bonds. The maximum atomic E-state index is 13.3. The first-order valence-electron chi connectivity index (χ1n) is 7.30. The van der Waals surface area contributed by atoms with Gasteiger partial charge in [0.2, 0.25) is 5.88 Å². The molecule has 1 atom stereocenters. The van der Waals surface area contributed by atoms with E-state index in [1.807, 2.05) is 32.0 Å². The zero-order valence-corrected chi connectivity index (χ0v) is 12.3. The van der Waals surface area contributed by atoms with Gasteiger partial charge < -0.3 is 10.1 Å². The smallest absolute Gasteiger partial charge is 0.237 e. The fourth-order valence-corrected chi connectivity index (χ4v) is 2.74. The minimum atomic E-state index is -0.167. The van der Waals surface area contributed by atoms with Crippen LogP contribution in [-0.4, -0.2) is 11.1 Å². The molecule has 1 N–H and O–H groups in total. The number of rotatable bonds is 4. The monoisotopic (exact) mass is 286 g/mol. The number of anilines is 1. The largest absolute Gasteiger partial charge is 0.473 e. The number of aryl methyl sites for hydroxylation is 1. The van der Waals surface area contributed by atoms with Crippen LogP contribution in [-0.2, 0) is 6.42 Å². The molecule has 0 aliphatic heterocycles. The molecule has 21 heavy (non-hydrogen) atoms. The van der Waals surface area contributed by atoms with Crippen LogP contribution in [0.4, 0.5) is 10.1 Å². The number of nitrogens with one attached hydrogen (secondary N) is 1. The van der Waals surface area contributed by atoms with E-state index in [0.29, 0.717) is 5.88 Å². The summed E-state index contributed by atoms with van der Waals surface area (Å²) in [6, 6.07) is 9.05. The molecule has 110 valence electrons. The molecule has 1 aliphatic carbocycles. The molecule has 1 unspecified atom stereocenters. The molecular weight excluding hydrogens is 267 g/mol. The number of ether oxygens (including phenoxy) is 1. The van der Waals surface area contributed by atoms with Gasteiger partial charge in [-0.15, -0.1) is 0 Å². The standard InChI is InChI=1S/C17H19FN2O/c1-11(2)21-17-16(4-3-9-19-17)20-15-8-5-12-10-13(18)6-7-14(12)15/h3-4,6-7,9-11,15,20H,5,8H2,1-2H3. The average Bonchev–Trinajstić information content (AvgIpc) is 2.83. The second kappa shape index (κ2) is 5.72. The Balaban J connectivity index is 1.83. The summed E-state index contributed by atoms with van der Waals surface area (Å²) in [5.41, 5.74) is 3.13. The maximum absolute atomic E-state index is 13.3. The van der Waals surface area contributed by atoms with Crippen molar-refractivity contribution >= 4 is 5.69 Å². The van der Waals surface area contributed by atoms with Gasteiger partial charge in [0.25, 0.3) is 0 Å². The van der Waals surface area contributed by atoms with Crippen molar-refractivity contribution in [3.63, 3.8) is 0 Å². The van der Waals surface area contributed by atoms with Crippen LogP contribution in [0.2, 0.25) is 0 Å². The number of hydrogen-bond acceptors (Lipinski definition) is 3. The number of fused-ring (bicyclic) bond motifs is 1. The lowest BCUT2D eigenvalue weighted by Crippen LogP contribution is -2.12. The normalized spacial score (nSPS) is 16.9. The molecule has 3 rings (SSSR count). The van der Waals surface area contributed by atoms with E-state index in [9.17, 15) is 4.39 Å². The van der Waals surface area contributed by atoms with Gasteiger partial charge in [0.1, 0.15) is 5.82 Å². The quantitative estimate of drug-likeness (QED) is 0.918. The highest BCUT2D eigenvalue weighted by Crippen LogP contribution is 2.36. The van der Waals surface area contributed by atoms with Crippen LogP contribution in [0.1, 0.15) is 37.4 Å². The van der Waals surface area contributed by atoms with Crippen molar-refractivity contribution in [2.24, 2.45) is 0 Å². The number of hydrogen-bond donors (Lipinski definition) is 1. The topological polar surface area (TPSA) is 34.1 Å². The van der Waals surface area contributed by atoms with E-state index in [1.165, 1.54) is 6.07 Å². The molecule has 1 aromatic heterocycles. The summed E-state index contributed by atoms with van der Waals surface area (Å²) >= 11 is 0. The Hall–Kier alpha value is -2.10. The summed E-state index contributed by atoms with van der Waals surface area (Å²) in [6.45, 7) is 3.96. The summed E-state index contributed by atoms with van der Waals surface area (Å²) in [5.74, 6) is 0.447. The molecule has 0 saturated heterocycles. The second-order valence-electron chi connectivity index (χ2n) is 5.60. The van der Waals surface area contributed by atoms with Gasteiger partial charge in [-0.25, -0.2) is 9.37 Å². The van der Waals surface area contributed by atoms with Gasteiger partial charge in [0.05, 0.1) is 17.8 Å². The van der Waals surface area contributed by atoms with E-state index in [1.54, 1.807) is 12.3 Å². The molecule has 0 fully saturated rings. The number of nitrogens with zero attached hydrogens (tertiary/aromatic N) is 1. The third-order valence-corrected chi connectivity index (χ3v) is 3.63. The first kappa shape index (κ1) is 13.9. The predicted octanol–water partition coefficient (Wildman–Crippen LogP) is 4.11. The molecule has 1 aromatic carbocycles. The molecule has 1 aliphatic rings. The highest BCUT2D eigenvalue weighted by atomic mass is 19.1. The Morgan fingerprint density at radius 2 is 2.19 bits per heavy atom. The highest BCUT2D eigenvalue weighted by Gasteiger charge is 2.23. The fraction of sp³-hybridized carbons (Fsp3) is 0.353. The highest BCUT2D eigenvalue weighted by molar-refractivity contribution is 5.55. The van der Waals surface area contributed by atoms with Gasteiger partial charge >= 0.3 is 0 Å². The molecular formula is C17H19FN2O. The number of pyridine rings is 1. The van der Waals surface area contributed by atoms with Crippen LogP contribution in [0.15, 0.2) is 36.5 Å². The van der Waals surface area contributed by atoms with E-state index in [-0.39, 0.29) is 18.0 Å². The van der Waals surface area contributed by atoms with Crippen molar-refractivity contribution in [2.75, 3.05) is 5.32 Å². The van der Waals surface area contributed by atoms with Gasteiger partial charge in [-0.2, -0.15) is 0 Å². The van der Waals surface area contributed by atoms with Crippen molar-refractivity contribution in [3.8, 4) is 5.88 Å². The summed E-state index contributed by atoms with van der Waals surface area (Å²) in [6.07, 6.45) is 3.64. The Kier molecular flexibility index (Phi) is 3.78. The minimum Gasteiger partial charge on any atom is -0.473 e. The Bertz CT molecular complexity index is 642. The van der Waals surface area contributed by atoms with Crippen LogP contribution >= 0.6 is 0 Å². The zero-order chi connectivity index (χ0) is 14.8. The second-order valence-corrected chi connectivity index (χ2v) is 5.60. The lowest BCUT2D eigenvalue weighted by molar-refractivity contribution is 0.234. The van der Waals surface area contributed by atoms with Gasteiger partial charge in [-0.05, 0) is 62.1 Å². The molecule has 0 spiro atoms. The SMILES string of the molecule is CC(C)Oc1ncccc1NC1CCc2cc(F)ccc21. The Morgan fingerprint density at radius 1 is 1.33 bits per heavy atom. The first-order valence-corrected chi connectivity index (χ1v) is 7.30. The maximum Gasteiger partial charge on any atom is 0.237 e. The summed E-state index contributed by atoms with van der Waals surface area (Å²) in [7, 11) is 0. The predicted molar refractivity (Wildman–Crippen MR) is 81.1 cm³/mol. The number of halogens is 1. The van der Waals surface area contributed by atoms with E-state index in [4.69, 9.17) is 4.74 Å². The molecule has 3 nitrogen and oxygen atoms in total. The van der Waals surface area contributed by atoms with Crippen LogP contribution in [0.25, 0.3) is 0 Å². The van der Waals surface area contributed by atoms with Crippen LogP contribution < -0.4 is 10.1 Å². The van der Waals surface area contributed by atoms with Crippen LogP contribution in [0.3, 0.4) is 0 Å². The van der Waals surface area contributed by atoms with Crippen LogP contribution in [0.5, 0.6) is 5.88 Å². The fourth-order valence-electron chi connectivity index (χ4n) is 2.74. The third-order valence-electron chi connectivity index (χ3n) is 3.63. The lowest BCUT2D eigenvalue weighted by Gasteiger charge is -2.19.